The molecule has 1 aromatic rings. The van der Waals surface area contributed by atoms with Crippen molar-refractivity contribution < 1.29 is 9.47 Å². The molecule has 1 radical (unpaired) electrons. The third-order valence-corrected chi connectivity index (χ3v) is 2.63. The van der Waals surface area contributed by atoms with E-state index in [1.807, 2.05) is 0 Å². The molecule has 1 aliphatic rings. The monoisotopic (exact) mass is 211 g/mol. The summed E-state index contributed by atoms with van der Waals surface area (Å²) in [5, 5.41) is 0.544. The Morgan fingerprint density at radius 2 is 2.21 bits per heavy atom. The Kier molecular flexibility index (Phi) is 2.82. The summed E-state index contributed by atoms with van der Waals surface area (Å²) in [6, 6.07) is 6.34. The largest absolute Gasteiger partial charge is 0.493 e. The van der Waals surface area contributed by atoms with Crippen molar-refractivity contribution in [1.29, 1.82) is 0 Å². The second-order valence-corrected chi connectivity index (χ2v) is 3.79. The van der Waals surface area contributed by atoms with Crippen LogP contribution in [0.15, 0.2) is 12.1 Å². The van der Waals surface area contributed by atoms with Gasteiger partial charge in [0.25, 0.3) is 0 Å². The van der Waals surface area contributed by atoms with Gasteiger partial charge in [0.15, 0.2) is 11.5 Å². The molecule has 2 rings (SSSR count). The zero-order chi connectivity index (χ0) is 9.97. The number of hydrogen-bond acceptors (Lipinski definition) is 2. The van der Waals surface area contributed by atoms with E-state index in [0.29, 0.717) is 16.9 Å². The highest BCUT2D eigenvalue weighted by atomic mass is 35.5. The second-order valence-electron chi connectivity index (χ2n) is 3.38. The highest BCUT2D eigenvalue weighted by Crippen LogP contribution is 2.33. The van der Waals surface area contributed by atoms with E-state index in [0.717, 1.165) is 18.6 Å². The molecule has 3 heteroatoms. The topological polar surface area (TPSA) is 18.5 Å². The molecule has 0 saturated heterocycles. The van der Waals surface area contributed by atoms with Gasteiger partial charge >= 0.3 is 0 Å². The predicted octanol–water partition coefficient (Wildman–Crippen LogP) is 3.08. The van der Waals surface area contributed by atoms with Crippen molar-refractivity contribution in [3.63, 3.8) is 0 Å². The first-order valence-electron chi connectivity index (χ1n) is 4.71. The van der Waals surface area contributed by atoms with Crippen LogP contribution in [0.1, 0.15) is 19.3 Å². The number of rotatable bonds is 3. The first-order valence-corrected chi connectivity index (χ1v) is 5.09. The van der Waals surface area contributed by atoms with Crippen molar-refractivity contribution in [2.45, 2.75) is 25.4 Å². The van der Waals surface area contributed by atoms with E-state index in [4.69, 9.17) is 21.1 Å². The average Bonchev–Trinajstić information content (AvgIpc) is 2.13. The lowest BCUT2D eigenvalue weighted by Gasteiger charge is -2.27. The molecule has 14 heavy (non-hydrogen) atoms. The fraction of sp³-hybridized carbons (Fsp3) is 0.455. The maximum atomic E-state index is 5.79. The van der Waals surface area contributed by atoms with Gasteiger partial charge < -0.3 is 9.47 Å². The van der Waals surface area contributed by atoms with Gasteiger partial charge in [0.05, 0.1) is 18.2 Å². The second kappa shape index (κ2) is 4.09. The van der Waals surface area contributed by atoms with Crippen LogP contribution in [0.3, 0.4) is 0 Å². The molecule has 0 aromatic heterocycles. The average molecular weight is 212 g/mol. The minimum absolute atomic E-state index is 0.346. The molecular formula is C11H12ClO2. The SMILES string of the molecule is COc1cc(Cl)[c]cc1OC1CCC1. The van der Waals surface area contributed by atoms with Crippen LogP contribution in [0.4, 0.5) is 0 Å². The van der Waals surface area contributed by atoms with Gasteiger partial charge in [-0.1, -0.05) is 11.6 Å². The Morgan fingerprint density at radius 3 is 2.79 bits per heavy atom. The Bertz CT molecular complexity index is 321. The molecule has 0 amide bonds. The van der Waals surface area contributed by atoms with E-state index in [1.54, 1.807) is 19.2 Å². The van der Waals surface area contributed by atoms with Crippen molar-refractivity contribution in [2.75, 3.05) is 7.11 Å². The van der Waals surface area contributed by atoms with E-state index in [9.17, 15) is 0 Å². The minimum atomic E-state index is 0.346. The van der Waals surface area contributed by atoms with E-state index >= 15 is 0 Å². The third-order valence-electron chi connectivity index (χ3n) is 2.41. The molecule has 0 spiro atoms. The van der Waals surface area contributed by atoms with Crippen LogP contribution in [0.25, 0.3) is 0 Å². The molecule has 75 valence electrons. The third kappa shape index (κ3) is 1.95. The molecule has 1 aromatic carbocycles. The van der Waals surface area contributed by atoms with E-state index < -0.39 is 0 Å². The summed E-state index contributed by atoms with van der Waals surface area (Å²) in [6.45, 7) is 0. The molecule has 0 atom stereocenters. The summed E-state index contributed by atoms with van der Waals surface area (Å²) in [5.41, 5.74) is 0. The van der Waals surface area contributed by atoms with Crippen LogP contribution >= 0.6 is 11.6 Å². The predicted molar refractivity (Wildman–Crippen MR) is 55.1 cm³/mol. The van der Waals surface area contributed by atoms with Crippen LogP contribution in [0.2, 0.25) is 5.02 Å². The molecule has 1 aliphatic carbocycles. The van der Waals surface area contributed by atoms with Crippen LogP contribution in [0.5, 0.6) is 11.5 Å². The molecule has 1 fully saturated rings. The van der Waals surface area contributed by atoms with Gasteiger partial charge in [-0.15, -0.1) is 0 Å². The summed E-state index contributed by atoms with van der Waals surface area (Å²) in [5.74, 6) is 1.42. The van der Waals surface area contributed by atoms with E-state index in [2.05, 4.69) is 6.07 Å². The van der Waals surface area contributed by atoms with Crippen molar-refractivity contribution in [3.8, 4) is 11.5 Å². The Hall–Kier alpha value is -0.890. The molecule has 0 bridgehead atoms. The fourth-order valence-corrected chi connectivity index (χ4v) is 1.51. The summed E-state index contributed by atoms with van der Waals surface area (Å²) in [6.07, 6.45) is 3.86. The maximum absolute atomic E-state index is 5.79. The Labute approximate surface area is 88.8 Å². The molecular weight excluding hydrogens is 200 g/mol. The normalized spacial score (nSPS) is 16.1. The molecule has 1 saturated carbocycles. The lowest BCUT2D eigenvalue weighted by atomic mass is 9.96. The molecule has 0 N–H and O–H groups in total. The first kappa shape index (κ1) is 9.66. The Morgan fingerprint density at radius 1 is 1.43 bits per heavy atom. The fourth-order valence-electron chi connectivity index (χ4n) is 1.35. The number of benzene rings is 1. The molecule has 0 aliphatic heterocycles. The highest BCUT2D eigenvalue weighted by Gasteiger charge is 2.20. The van der Waals surface area contributed by atoms with Crippen molar-refractivity contribution >= 4 is 11.6 Å². The summed E-state index contributed by atoms with van der Waals surface area (Å²) in [4.78, 5) is 0. The summed E-state index contributed by atoms with van der Waals surface area (Å²) < 4.78 is 10.9. The van der Waals surface area contributed by atoms with Crippen LogP contribution in [0, 0.1) is 6.07 Å². The number of methoxy groups -OCH3 is 1. The van der Waals surface area contributed by atoms with Gasteiger partial charge in [-0.3, -0.25) is 0 Å². The minimum Gasteiger partial charge on any atom is -0.493 e. The quantitative estimate of drug-likeness (QED) is 0.765. The van der Waals surface area contributed by atoms with Crippen LogP contribution in [-0.4, -0.2) is 13.2 Å². The van der Waals surface area contributed by atoms with Gasteiger partial charge in [0.2, 0.25) is 0 Å². The lowest BCUT2D eigenvalue weighted by Crippen LogP contribution is -2.24. The van der Waals surface area contributed by atoms with Gasteiger partial charge in [-0.05, 0) is 25.3 Å². The van der Waals surface area contributed by atoms with Gasteiger partial charge in [-0.2, -0.15) is 0 Å². The van der Waals surface area contributed by atoms with Gasteiger partial charge in [0.1, 0.15) is 0 Å². The van der Waals surface area contributed by atoms with Crippen LogP contribution in [-0.2, 0) is 0 Å². The number of ether oxygens (including phenoxy) is 2. The smallest absolute Gasteiger partial charge is 0.162 e. The summed E-state index contributed by atoms with van der Waals surface area (Å²) in [7, 11) is 1.61. The zero-order valence-electron chi connectivity index (χ0n) is 8.05. The molecule has 2 nitrogen and oxygen atoms in total. The first-order chi connectivity index (χ1) is 6.79. The van der Waals surface area contributed by atoms with Crippen molar-refractivity contribution in [2.24, 2.45) is 0 Å². The zero-order valence-corrected chi connectivity index (χ0v) is 8.80. The number of halogens is 1. The van der Waals surface area contributed by atoms with E-state index in [1.165, 1.54) is 6.42 Å². The van der Waals surface area contributed by atoms with E-state index in [-0.39, 0.29) is 0 Å². The standard InChI is InChI=1S/C11H12ClO2/c1-13-11-7-8(12)5-6-10(11)14-9-3-2-4-9/h6-7,9H,2-4H2,1H3. The van der Waals surface area contributed by atoms with Crippen LogP contribution < -0.4 is 9.47 Å². The molecule has 0 heterocycles. The maximum Gasteiger partial charge on any atom is 0.162 e. The highest BCUT2D eigenvalue weighted by molar-refractivity contribution is 6.30. The number of hydrogen-bond donors (Lipinski definition) is 0. The van der Waals surface area contributed by atoms with Gasteiger partial charge in [-0.25, -0.2) is 0 Å². The van der Waals surface area contributed by atoms with Crippen molar-refractivity contribution in [1.82, 2.24) is 0 Å². The summed E-state index contributed by atoms with van der Waals surface area (Å²) >= 11 is 5.79. The lowest BCUT2D eigenvalue weighted by molar-refractivity contribution is 0.116. The Balaban J connectivity index is 2.14. The van der Waals surface area contributed by atoms with Crippen molar-refractivity contribution in [3.05, 3.63) is 23.2 Å². The van der Waals surface area contributed by atoms with Gasteiger partial charge in [0, 0.05) is 12.1 Å². The molecule has 0 unspecified atom stereocenters.